The molecular weight excluding hydrogens is 308 g/mol. The molecule has 0 radical (unpaired) electrons. The molecule has 0 bridgehead atoms. The molecule has 4 rings (SSSR count). The number of aromatic hydroxyl groups is 1. The number of fused-ring (bicyclic) bond motifs is 1. The van der Waals surface area contributed by atoms with Crippen molar-refractivity contribution in [3.8, 4) is 11.5 Å². The minimum atomic E-state index is 0.211. The summed E-state index contributed by atoms with van der Waals surface area (Å²) in [5.41, 5.74) is 5.05. The molecule has 1 N–H and O–H groups in total. The molecule has 1 aliphatic rings. The van der Waals surface area contributed by atoms with E-state index < -0.39 is 0 Å². The van der Waals surface area contributed by atoms with E-state index in [0.717, 1.165) is 0 Å². The number of methoxy groups -OCH3 is 1. The highest BCUT2D eigenvalue weighted by molar-refractivity contribution is 5.57. The quantitative estimate of drug-likeness (QED) is 0.705. The number of ether oxygens (including phenoxy) is 1. The van der Waals surface area contributed by atoms with Gasteiger partial charge in [0.1, 0.15) is 0 Å². The summed E-state index contributed by atoms with van der Waals surface area (Å²) in [7, 11) is 1.60. The highest BCUT2D eigenvalue weighted by Crippen LogP contribution is 2.54. The van der Waals surface area contributed by atoms with Gasteiger partial charge < -0.3 is 9.84 Å². The van der Waals surface area contributed by atoms with Gasteiger partial charge in [0.15, 0.2) is 11.5 Å². The molecule has 0 heterocycles. The molecule has 0 saturated carbocycles. The van der Waals surface area contributed by atoms with Crippen LogP contribution in [-0.2, 0) is 0 Å². The summed E-state index contributed by atoms with van der Waals surface area (Å²) in [6.45, 7) is 2.30. The Morgan fingerprint density at radius 3 is 1.72 bits per heavy atom. The molecule has 0 amide bonds. The van der Waals surface area contributed by atoms with Gasteiger partial charge in [0.05, 0.1) is 7.11 Å². The Morgan fingerprint density at radius 2 is 1.24 bits per heavy atom. The van der Waals surface area contributed by atoms with Gasteiger partial charge in [-0.05, 0) is 40.3 Å². The maximum Gasteiger partial charge on any atom is 0.160 e. The SMILES string of the molecule is COc1cc2c(cc1O)[C@@H](c1ccccc1)[C@H](C)[C@H]2c1ccccc1. The topological polar surface area (TPSA) is 29.5 Å². The second kappa shape index (κ2) is 6.29. The molecule has 2 nitrogen and oxygen atoms in total. The third kappa shape index (κ3) is 2.58. The molecular formula is C23H22O2. The Balaban J connectivity index is 1.92. The van der Waals surface area contributed by atoms with Crippen LogP contribution in [0.5, 0.6) is 11.5 Å². The van der Waals surface area contributed by atoms with Crippen molar-refractivity contribution in [2.24, 2.45) is 5.92 Å². The molecule has 0 unspecified atom stereocenters. The summed E-state index contributed by atoms with van der Waals surface area (Å²) in [5.74, 6) is 1.70. The number of hydrogen-bond donors (Lipinski definition) is 1. The van der Waals surface area contributed by atoms with E-state index in [2.05, 4.69) is 61.5 Å². The lowest BCUT2D eigenvalue weighted by atomic mass is 9.81. The van der Waals surface area contributed by atoms with Gasteiger partial charge in [-0.15, -0.1) is 0 Å². The minimum absolute atomic E-state index is 0.211. The molecule has 3 atom stereocenters. The largest absolute Gasteiger partial charge is 0.504 e. The average molecular weight is 330 g/mol. The second-order valence-corrected chi connectivity index (χ2v) is 6.79. The average Bonchev–Trinajstić information content (AvgIpc) is 2.93. The van der Waals surface area contributed by atoms with E-state index in [9.17, 15) is 5.11 Å². The number of benzene rings is 3. The van der Waals surface area contributed by atoms with Gasteiger partial charge in [0.2, 0.25) is 0 Å². The molecule has 126 valence electrons. The molecule has 0 spiro atoms. The van der Waals surface area contributed by atoms with Crippen molar-refractivity contribution < 1.29 is 9.84 Å². The third-order valence-corrected chi connectivity index (χ3v) is 5.42. The summed E-state index contributed by atoms with van der Waals surface area (Å²) in [6, 6.07) is 25.1. The zero-order valence-electron chi connectivity index (χ0n) is 14.5. The monoisotopic (exact) mass is 330 g/mol. The molecule has 3 aromatic rings. The molecule has 0 aromatic heterocycles. The Kier molecular flexibility index (Phi) is 3.96. The van der Waals surface area contributed by atoms with Crippen LogP contribution >= 0.6 is 0 Å². The molecule has 3 aromatic carbocycles. The number of hydrogen-bond acceptors (Lipinski definition) is 2. The zero-order valence-corrected chi connectivity index (χ0v) is 14.5. The van der Waals surface area contributed by atoms with Gasteiger partial charge in [-0.25, -0.2) is 0 Å². The molecule has 0 fully saturated rings. The van der Waals surface area contributed by atoms with Crippen LogP contribution in [0.15, 0.2) is 72.8 Å². The fourth-order valence-electron chi connectivity index (χ4n) is 4.35. The summed E-state index contributed by atoms with van der Waals surface area (Å²) < 4.78 is 5.38. The van der Waals surface area contributed by atoms with Gasteiger partial charge in [0.25, 0.3) is 0 Å². The van der Waals surface area contributed by atoms with Crippen LogP contribution < -0.4 is 4.74 Å². The van der Waals surface area contributed by atoms with Crippen LogP contribution in [0.3, 0.4) is 0 Å². The van der Waals surface area contributed by atoms with Crippen molar-refractivity contribution in [2.75, 3.05) is 7.11 Å². The van der Waals surface area contributed by atoms with Gasteiger partial charge in [0, 0.05) is 11.8 Å². The summed E-state index contributed by atoms with van der Waals surface area (Å²) in [4.78, 5) is 0. The summed E-state index contributed by atoms with van der Waals surface area (Å²) in [6.07, 6.45) is 0. The van der Waals surface area contributed by atoms with E-state index in [1.807, 2.05) is 18.2 Å². The predicted octanol–water partition coefficient (Wildman–Crippen LogP) is 5.31. The van der Waals surface area contributed by atoms with Gasteiger partial charge in [-0.1, -0.05) is 67.6 Å². The van der Waals surface area contributed by atoms with Crippen molar-refractivity contribution in [1.82, 2.24) is 0 Å². The van der Waals surface area contributed by atoms with E-state index in [0.29, 0.717) is 11.7 Å². The fraction of sp³-hybridized carbons (Fsp3) is 0.217. The minimum Gasteiger partial charge on any atom is -0.504 e. The van der Waals surface area contributed by atoms with Crippen molar-refractivity contribution in [3.63, 3.8) is 0 Å². The second-order valence-electron chi connectivity index (χ2n) is 6.79. The standard InChI is InChI=1S/C23H22O2/c1-15-22(16-9-5-3-6-10-16)18-13-20(24)21(25-2)14-19(18)23(15)17-11-7-4-8-12-17/h3-15,22-24H,1-2H3/t15-,22+,23-/m0/s1. The lowest BCUT2D eigenvalue weighted by Gasteiger charge is -2.22. The smallest absolute Gasteiger partial charge is 0.160 e. The first-order valence-corrected chi connectivity index (χ1v) is 8.71. The lowest BCUT2D eigenvalue weighted by Crippen LogP contribution is -2.10. The molecule has 1 aliphatic carbocycles. The van der Waals surface area contributed by atoms with E-state index >= 15 is 0 Å². The number of rotatable bonds is 3. The van der Waals surface area contributed by atoms with Crippen LogP contribution in [0.25, 0.3) is 0 Å². The predicted molar refractivity (Wildman–Crippen MR) is 100 cm³/mol. The van der Waals surface area contributed by atoms with E-state index in [4.69, 9.17) is 4.74 Å². The van der Waals surface area contributed by atoms with E-state index in [1.165, 1.54) is 22.3 Å². The third-order valence-electron chi connectivity index (χ3n) is 5.42. The molecule has 0 saturated heterocycles. The van der Waals surface area contributed by atoms with Crippen LogP contribution in [0, 0.1) is 5.92 Å². The van der Waals surface area contributed by atoms with Crippen molar-refractivity contribution in [2.45, 2.75) is 18.8 Å². The Hall–Kier alpha value is -2.74. The van der Waals surface area contributed by atoms with Crippen molar-refractivity contribution in [3.05, 3.63) is 95.1 Å². The van der Waals surface area contributed by atoms with E-state index in [-0.39, 0.29) is 17.6 Å². The first-order valence-electron chi connectivity index (χ1n) is 8.71. The van der Waals surface area contributed by atoms with E-state index in [1.54, 1.807) is 7.11 Å². The molecule has 0 aliphatic heterocycles. The van der Waals surface area contributed by atoms with Crippen LogP contribution in [0.2, 0.25) is 0 Å². The van der Waals surface area contributed by atoms with Crippen molar-refractivity contribution in [1.29, 1.82) is 0 Å². The van der Waals surface area contributed by atoms with Gasteiger partial charge in [-0.3, -0.25) is 0 Å². The maximum absolute atomic E-state index is 10.4. The zero-order chi connectivity index (χ0) is 17.4. The van der Waals surface area contributed by atoms with Crippen LogP contribution in [0.4, 0.5) is 0 Å². The fourth-order valence-corrected chi connectivity index (χ4v) is 4.35. The number of phenolic OH excluding ortho intramolecular Hbond substituents is 1. The summed E-state index contributed by atoms with van der Waals surface area (Å²) >= 11 is 0. The first-order chi connectivity index (χ1) is 12.2. The Morgan fingerprint density at radius 1 is 0.760 bits per heavy atom. The van der Waals surface area contributed by atoms with Crippen LogP contribution in [-0.4, -0.2) is 12.2 Å². The Bertz CT molecular complexity index is 871. The Labute approximate surface area is 148 Å². The normalized spacial score (nSPS) is 21.8. The maximum atomic E-state index is 10.4. The summed E-state index contributed by atoms with van der Waals surface area (Å²) in [5, 5.41) is 10.4. The number of phenols is 1. The highest BCUT2D eigenvalue weighted by atomic mass is 16.5. The van der Waals surface area contributed by atoms with Crippen molar-refractivity contribution >= 4 is 0 Å². The molecule has 25 heavy (non-hydrogen) atoms. The van der Waals surface area contributed by atoms with Gasteiger partial charge in [-0.2, -0.15) is 0 Å². The lowest BCUT2D eigenvalue weighted by molar-refractivity contribution is 0.372. The molecule has 2 heteroatoms. The first kappa shape index (κ1) is 15.8. The van der Waals surface area contributed by atoms with Crippen LogP contribution in [0.1, 0.15) is 41.0 Å². The highest BCUT2D eigenvalue weighted by Gasteiger charge is 2.40. The van der Waals surface area contributed by atoms with Gasteiger partial charge >= 0.3 is 0 Å².